The number of hydrogen-bond donors (Lipinski definition) is 3. The van der Waals surface area contributed by atoms with Gasteiger partial charge in [-0.2, -0.15) is 0 Å². The highest BCUT2D eigenvalue weighted by Crippen LogP contribution is 2.30. The molecule has 0 atom stereocenters. The van der Waals surface area contributed by atoms with Crippen LogP contribution in [0.2, 0.25) is 0 Å². The zero-order valence-electron chi connectivity index (χ0n) is 16.4. The van der Waals surface area contributed by atoms with Crippen LogP contribution < -0.4 is 16.0 Å². The minimum absolute atomic E-state index is 0.0115. The Bertz CT molecular complexity index is 1080. The molecular formula is C22H21N5O3. The van der Waals surface area contributed by atoms with Gasteiger partial charge in [-0.15, -0.1) is 0 Å². The van der Waals surface area contributed by atoms with Crippen molar-refractivity contribution in [2.75, 3.05) is 16.0 Å². The Kier molecular flexibility index (Phi) is 5.30. The summed E-state index contributed by atoms with van der Waals surface area (Å²) < 4.78 is 1.78. The fraction of sp³-hybridized carbons (Fsp3) is 0.182. The van der Waals surface area contributed by atoms with Gasteiger partial charge in [0, 0.05) is 35.5 Å². The standard InChI is InChI=1S/C22H21N5O3/c1-14(28)24-17-6-8-18(9-7-17)25-21(29)16-4-10-19(11-5-16)27-12-20(23-13-27)26-22(30)15-2-3-15/h4-13,15H,2-3H2,1H3,(H,24,28)(H,25,29)(H,26,30). The number of rotatable bonds is 6. The van der Waals surface area contributed by atoms with E-state index in [-0.39, 0.29) is 23.6 Å². The van der Waals surface area contributed by atoms with E-state index in [0.717, 1.165) is 18.5 Å². The van der Waals surface area contributed by atoms with Gasteiger partial charge in [0.2, 0.25) is 11.8 Å². The molecule has 0 radical (unpaired) electrons. The number of carbonyl (C=O) groups is 3. The van der Waals surface area contributed by atoms with Crippen molar-refractivity contribution in [2.24, 2.45) is 5.92 Å². The molecule has 3 amide bonds. The number of amides is 3. The topological polar surface area (TPSA) is 105 Å². The maximum atomic E-state index is 12.5. The van der Waals surface area contributed by atoms with E-state index in [1.54, 1.807) is 53.5 Å². The van der Waals surface area contributed by atoms with Crippen molar-refractivity contribution in [2.45, 2.75) is 19.8 Å². The minimum Gasteiger partial charge on any atom is -0.326 e. The van der Waals surface area contributed by atoms with Crippen LogP contribution in [0, 0.1) is 5.92 Å². The van der Waals surface area contributed by atoms with Crippen molar-refractivity contribution in [1.29, 1.82) is 0 Å². The molecule has 3 aromatic rings. The summed E-state index contributed by atoms with van der Waals surface area (Å²) >= 11 is 0. The van der Waals surface area contributed by atoms with Gasteiger partial charge in [0.1, 0.15) is 6.33 Å². The summed E-state index contributed by atoms with van der Waals surface area (Å²) in [5.41, 5.74) is 2.62. The highest BCUT2D eigenvalue weighted by molar-refractivity contribution is 6.04. The third kappa shape index (κ3) is 4.72. The lowest BCUT2D eigenvalue weighted by molar-refractivity contribution is -0.117. The Labute approximate surface area is 173 Å². The zero-order chi connectivity index (χ0) is 21.1. The van der Waals surface area contributed by atoms with Crippen molar-refractivity contribution < 1.29 is 14.4 Å². The summed E-state index contributed by atoms with van der Waals surface area (Å²) in [5, 5.41) is 8.31. The van der Waals surface area contributed by atoms with Gasteiger partial charge in [-0.05, 0) is 61.4 Å². The van der Waals surface area contributed by atoms with Crippen LogP contribution in [0.15, 0.2) is 61.1 Å². The molecule has 1 fully saturated rings. The SMILES string of the molecule is CC(=O)Nc1ccc(NC(=O)c2ccc(-n3cnc(NC(=O)C4CC4)c3)cc2)cc1. The fourth-order valence-electron chi connectivity index (χ4n) is 2.93. The van der Waals surface area contributed by atoms with Gasteiger partial charge in [-0.25, -0.2) is 4.98 Å². The molecule has 0 bridgehead atoms. The number of aromatic nitrogens is 2. The first-order chi connectivity index (χ1) is 14.5. The number of anilines is 3. The lowest BCUT2D eigenvalue weighted by atomic mass is 10.2. The van der Waals surface area contributed by atoms with Gasteiger partial charge in [0.15, 0.2) is 5.82 Å². The van der Waals surface area contributed by atoms with Crippen molar-refractivity contribution in [3.05, 3.63) is 66.6 Å². The first-order valence-corrected chi connectivity index (χ1v) is 9.62. The maximum Gasteiger partial charge on any atom is 0.255 e. The average molecular weight is 403 g/mol. The third-order valence-electron chi connectivity index (χ3n) is 4.67. The van der Waals surface area contributed by atoms with E-state index in [9.17, 15) is 14.4 Å². The lowest BCUT2D eigenvalue weighted by Gasteiger charge is -2.08. The summed E-state index contributed by atoms with van der Waals surface area (Å²) in [7, 11) is 0. The Morgan fingerprint density at radius 3 is 2.13 bits per heavy atom. The average Bonchev–Trinajstić information content (AvgIpc) is 3.49. The van der Waals surface area contributed by atoms with E-state index < -0.39 is 0 Å². The van der Waals surface area contributed by atoms with Crippen LogP contribution in [-0.4, -0.2) is 27.3 Å². The zero-order valence-corrected chi connectivity index (χ0v) is 16.4. The number of hydrogen-bond acceptors (Lipinski definition) is 4. The summed E-state index contributed by atoms with van der Waals surface area (Å²) in [5.74, 6) is 0.252. The Morgan fingerprint density at radius 2 is 1.53 bits per heavy atom. The highest BCUT2D eigenvalue weighted by atomic mass is 16.2. The molecule has 1 heterocycles. The van der Waals surface area contributed by atoms with Crippen LogP contribution in [0.1, 0.15) is 30.1 Å². The first kappa shape index (κ1) is 19.4. The molecule has 1 aliphatic rings. The first-order valence-electron chi connectivity index (χ1n) is 9.62. The molecular weight excluding hydrogens is 382 g/mol. The van der Waals surface area contributed by atoms with Crippen LogP contribution in [0.4, 0.5) is 17.2 Å². The fourth-order valence-corrected chi connectivity index (χ4v) is 2.93. The maximum absolute atomic E-state index is 12.5. The van der Waals surface area contributed by atoms with Gasteiger partial charge in [-0.1, -0.05) is 0 Å². The van der Waals surface area contributed by atoms with Crippen LogP contribution in [0.3, 0.4) is 0 Å². The number of imidazole rings is 1. The Balaban J connectivity index is 1.38. The minimum atomic E-state index is -0.239. The molecule has 0 aliphatic heterocycles. The van der Waals surface area contributed by atoms with Gasteiger partial charge < -0.3 is 20.5 Å². The van der Waals surface area contributed by atoms with Crippen LogP contribution in [0.5, 0.6) is 0 Å². The molecule has 3 N–H and O–H groups in total. The number of carbonyl (C=O) groups excluding carboxylic acids is 3. The largest absolute Gasteiger partial charge is 0.326 e. The molecule has 2 aromatic carbocycles. The summed E-state index contributed by atoms with van der Waals surface area (Å²) in [6.45, 7) is 1.44. The van der Waals surface area contributed by atoms with E-state index in [1.165, 1.54) is 6.92 Å². The van der Waals surface area contributed by atoms with Crippen molar-refractivity contribution in [3.8, 4) is 5.69 Å². The molecule has 4 rings (SSSR count). The normalized spacial score (nSPS) is 12.8. The summed E-state index contributed by atoms with van der Waals surface area (Å²) in [4.78, 5) is 39.6. The molecule has 0 saturated heterocycles. The van der Waals surface area contributed by atoms with E-state index in [2.05, 4.69) is 20.9 Å². The predicted octanol–water partition coefficient (Wildman–Crippen LogP) is 3.43. The van der Waals surface area contributed by atoms with Gasteiger partial charge >= 0.3 is 0 Å². The lowest BCUT2D eigenvalue weighted by Crippen LogP contribution is -2.13. The van der Waals surface area contributed by atoms with Crippen molar-refractivity contribution >= 4 is 34.9 Å². The second-order valence-corrected chi connectivity index (χ2v) is 7.19. The summed E-state index contributed by atoms with van der Waals surface area (Å²) in [6.07, 6.45) is 5.24. The highest BCUT2D eigenvalue weighted by Gasteiger charge is 2.29. The van der Waals surface area contributed by atoms with Crippen LogP contribution in [-0.2, 0) is 9.59 Å². The van der Waals surface area contributed by atoms with Gasteiger partial charge in [0.05, 0.1) is 6.20 Å². The second kappa shape index (κ2) is 8.20. The van der Waals surface area contributed by atoms with E-state index in [4.69, 9.17) is 0 Å². The number of nitrogens with zero attached hydrogens (tertiary/aromatic N) is 2. The smallest absolute Gasteiger partial charge is 0.255 e. The predicted molar refractivity (Wildman–Crippen MR) is 114 cm³/mol. The quantitative estimate of drug-likeness (QED) is 0.586. The molecule has 152 valence electrons. The molecule has 8 nitrogen and oxygen atoms in total. The molecule has 8 heteroatoms. The second-order valence-electron chi connectivity index (χ2n) is 7.19. The van der Waals surface area contributed by atoms with Crippen molar-refractivity contribution in [3.63, 3.8) is 0 Å². The molecule has 1 aliphatic carbocycles. The van der Waals surface area contributed by atoms with E-state index >= 15 is 0 Å². The Hall–Kier alpha value is -3.94. The monoisotopic (exact) mass is 403 g/mol. The number of benzene rings is 2. The molecule has 30 heavy (non-hydrogen) atoms. The number of nitrogens with one attached hydrogen (secondary N) is 3. The van der Waals surface area contributed by atoms with Crippen molar-refractivity contribution in [1.82, 2.24) is 9.55 Å². The Morgan fingerprint density at radius 1 is 0.900 bits per heavy atom. The third-order valence-corrected chi connectivity index (χ3v) is 4.67. The molecule has 0 spiro atoms. The molecule has 1 saturated carbocycles. The molecule has 1 aromatic heterocycles. The van der Waals surface area contributed by atoms with Gasteiger partial charge in [0.25, 0.3) is 5.91 Å². The van der Waals surface area contributed by atoms with E-state index in [1.807, 2.05) is 12.1 Å². The van der Waals surface area contributed by atoms with E-state index in [0.29, 0.717) is 22.8 Å². The van der Waals surface area contributed by atoms with Gasteiger partial charge in [-0.3, -0.25) is 14.4 Å². The summed E-state index contributed by atoms with van der Waals surface area (Å²) in [6, 6.07) is 13.9. The van der Waals surface area contributed by atoms with Crippen LogP contribution >= 0.6 is 0 Å². The van der Waals surface area contributed by atoms with Crippen LogP contribution in [0.25, 0.3) is 5.69 Å². The molecule has 0 unspecified atom stereocenters.